The summed E-state index contributed by atoms with van der Waals surface area (Å²) in [5.74, 6) is -0.491. The molecule has 0 aromatic heterocycles. The number of benzene rings is 3. The second-order valence-corrected chi connectivity index (χ2v) is 7.75. The molecule has 2 amide bonds. The molecule has 0 saturated carbocycles. The molecule has 1 atom stereocenters. The number of carbonyl (C=O) groups is 2. The van der Waals surface area contributed by atoms with E-state index in [-0.39, 0.29) is 17.9 Å². The van der Waals surface area contributed by atoms with Gasteiger partial charge in [0.15, 0.2) is 0 Å². The van der Waals surface area contributed by atoms with Crippen LogP contribution in [0.15, 0.2) is 78.9 Å². The van der Waals surface area contributed by atoms with E-state index < -0.39 is 0 Å². The molecule has 2 N–H and O–H groups in total. The fraction of sp³-hybridized carbons (Fsp3) is 0.231. The summed E-state index contributed by atoms with van der Waals surface area (Å²) < 4.78 is 5.39. The lowest BCUT2D eigenvalue weighted by Crippen LogP contribution is -2.36. The number of nitrogens with one attached hydrogen (secondary N) is 2. The van der Waals surface area contributed by atoms with Crippen molar-refractivity contribution in [2.24, 2.45) is 0 Å². The molecule has 6 heteroatoms. The normalized spacial score (nSPS) is 14.5. The minimum absolute atomic E-state index is 0.153. The summed E-state index contributed by atoms with van der Waals surface area (Å²) in [6.45, 7) is 5.04. The van der Waals surface area contributed by atoms with Crippen molar-refractivity contribution in [3.8, 4) is 0 Å². The Morgan fingerprint density at radius 3 is 2.22 bits per heavy atom. The highest BCUT2D eigenvalue weighted by Gasteiger charge is 2.17. The van der Waals surface area contributed by atoms with Crippen LogP contribution in [-0.2, 0) is 4.74 Å². The zero-order chi connectivity index (χ0) is 22.3. The van der Waals surface area contributed by atoms with E-state index in [2.05, 4.69) is 15.5 Å². The third kappa shape index (κ3) is 5.15. The van der Waals surface area contributed by atoms with E-state index in [9.17, 15) is 9.59 Å². The molecule has 1 fully saturated rings. The lowest BCUT2D eigenvalue weighted by Gasteiger charge is -2.28. The Balaban J connectivity index is 1.44. The van der Waals surface area contributed by atoms with Crippen LogP contribution in [0.4, 0.5) is 11.4 Å². The molecule has 4 rings (SSSR count). The third-order valence-electron chi connectivity index (χ3n) is 5.57. The maximum absolute atomic E-state index is 12.9. The van der Waals surface area contributed by atoms with Gasteiger partial charge in [0.2, 0.25) is 0 Å². The van der Waals surface area contributed by atoms with Crippen LogP contribution in [0.25, 0.3) is 0 Å². The molecule has 1 heterocycles. The van der Waals surface area contributed by atoms with E-state index in [0.717, 1.165) is 24.3 Å². The van der Waals surface area contributed by atoms with Crippen LogP contribution < -0.4 is 15.5 Å². The lowest BCUT2D eigenvalue weighted by atomic mass is 10.1. The van der Waals surface area contributed by atoms with Crippen LogP contribution >= 0.6 is 0 Å². The molecule has 0 radical (unpaired) electrons. The van der Waals surface area contributed by atoms with Gasteiger partial charge in [-0.1, -0.05) is 42.5 Å². The molecule has 3 aromatic carbocycles. The molecular formula is C26H27N3O3. The topological polar surface area (TPSA) is 70.7 Å². The first-order chi connectivity index (χ1) is 15.6. The predicted octanol–water partition coefficient (Wildman–Crippen LogP) is 4.27. The molecule has 164 valence electrons. The highest BCUT2D eigenvalue weighted by atomic mass is 16.5. The van der Waals surface area contributed by atoms with E-state index in [1.165, 1.54) is 0 Å². The minimum atomic E-state index is -0.255. The Hall–Kier alpha value is -3.64. The Labute approximate surface area is 188 Å². The number of carbonyl (C=O) groups excluding carboxylic acids is 2. The molecule has 6 nitrogen and oxygen atoms in total. The molecule has 32 heavy (non-hydrogen) atoms. The Kier molecular flexibility index (Phi) is 6.82. The number of rotatable bonds is 6. The summed E-state index contributed by atoms with van der Waals surface area (Å²) in [7, 11) is 0. The minimum Gasteiger partial charge on any atom is -0.378 e. The van der Waals surface area contributed by atoms with Crippen molar-refractivity contribution < 1.29 is 14.3 Å². The first-order valence-corrected chi connectivity index (χ1v) is 10.8. The maximum atomic E-state index is 12.9. The summed E-state index contributed by atoms with van der Waals surface area (Å²) in [5, 5.41) is 5.89. The summed E-state index contributed by atoms with van der Waals surface area (Å²) >= 11 is 0. The number of para-hydroxylation sites is 1. The summed E-state index contributed by atoms with van der Waals surface area (Å²) in [5.41, 5.74) is 3.53. The third-order valence-corrected chi connectivity index (χ3v) is 5.57. The van der Waals surface area contributed by atoms with Gasteiger partial charge >= 0.3 is 0 Å². The first-order valence-electron chi connectivity index (χ1n) is 10.8. The van der Waals surface area contributed by atoms with Gasteiger partial charge in [-0.25, -0.2) is 0 Å². The zero-order valence-corrected chi connectivity index (χ0v) is 18.1. The number of hydrogen-bond donors (Lipinski definition) is 2. The van der Waals surface area contributed by atoms with E-state index in [0.29, 0.717) is 30.0 Å². The molecule has 1 aliphatic heterocycles. The average Bonchev–Trinajstić information content (AvgIpc) is 2.85. The van der Waals surface area contributed by atoms with Gasteiger partial charge in [-0.2, -0.15) is 0 Å². The van der Waals surface area contributed by atoms with Crippen molar-refractivity contribution >= 4 is 23.2 Å². The maximum Gasteiger partial charge on any atom is 0.255 e. The summed E-state index contributed by atoms with van der Waals surface area (Å²) in [4.78, 5) is 28.0. The molecule has 1 aliphatic rings. The van der Waals surface area contributed by atoms with Crippen molar-refractivity contribution in [1.82, 2.24) is 5.32 Å². The van der Waals surface area contributed by atoms with E-state index >= 15 is 0 Å². The SMILES string of the molecule is C[C@H](NC(=O)c1ccccc1NC(=O)c1ccc(N2CCOCC2)cc1)c1ccccc1. The largest absolute Gasteiger partial charge is 0.378 e. The van der Waals surface area contributed by atoms with E-state index in [1.54, 1.807) is 36.4 Å². The van der Waals surface area contributed by atoms with Crippen LogP contribution in [0.5, 0.6) is 0 Å². The Bertz CT molecular complexity index is 1060. The fourth-order valence-corrected chi connectivity index (χ4v) is 3.73. The number of hydrogen-bond acceptors (Lipinski definition) is 4. The standard InChI is InChI=1S/C26H27N3O3/c1-19(20-7-3-2-4-8-20)27-26(31)23-9-5-6-10-24(23)28-25(30)21-11-13-22(14-12-21)29-15-17-32-18-16-29/h2-14,19H,15-18H2,1H3,(H,27,31)(H,28,30)/t19-/m0/s1. The van der Waals surface area contributed by atoms with Gasteiger partial charge in [0.05, 0.1) is 30.5 Å². The van der Waals surface area contributed by atoms with Crippen molar-refractivity contribution in [2.45, 2.75) is 13.0 Å². The van der Waals surface area contributed by atoms with Crippen molar-refractivity contribution in [3.63, 3.8) is 0 Å². The first kappa shape index (κ1) is 21.6. The molecule has 0 spiro atoms. The molecule has 0 aliphatic carbocycles. The molecular weight excluding hydrogens is 402 g/mol. The van der Waals surface area contributed by atoms with Gasteiger partial charge in [-0.3, -0.25) is 9.59 Å². The van der Waals surface area contributed by atoms with E-state index in [4.69, 9.17) is 4.74 Å². The highest BCUT2D eigenvalue weighted by molar-refractivity contribution is 6.09. The van der Waals surface area contributed by atoms with Gasteiger partial charge in [-0.15, -0.1) is 0 Å². The summed E-state index contributed by atoms with van der Waals surface area (Å²) in [6, 6.07) is 24.2. The number of nitrogens with zero attached hydrogens (tertiary/aromatic N) is 1. The van der Waals surface area contributed by atoms with Gasteiger partial charge < -0.3 is 20.3 Å². The Morgan fingerprint density at radius 2 is 1.50 bits per heavy atom. The van der Waals surface area contributed by atoms with Gasteiger partial charge in [-0.05, 0) is 48.9 Å². The number of anilines is 2. The van der Waals surface area contributed by atoms with Gasteiger partial charge in [0.25, 0.3) is 11.8 Å². The molecule has 3 aromatic rings. The van der Waals surface area contributed by atoms with Crippen LogP contribution in [0.3, 0.4) is 0 Å². The van der Waals surface area contributed by atoms with Gasteiger partial charge in [0, 0.05) is 24.3 Å². The number of amides is 2. The van der Waals surface area contributed by atoms with Crippen molar-refractivity contribution in [2.75, 3.05) is 36.5 Å². The number of ether oxygens (including phenoxy) is 1. The Morgan fingerprint density at radius 1 is 0.844 bits per heavy atom. The van der Waals surface area contributed by atoms with Crippen LogP contribution in [-0.4, -0.2) is 38.1 Å². The molecule has 0 unspecified atom stereocenters. The van der Waals surface area contributed by atoms with Crippen molar-refractivity contribution in [1.29, 1.82) is 0 Å². The van der Waals surface area contributed by atoms with E-state index in [1.807, 2.05) is 49.4 Å². The van der Waals surface area contributed by atoms with Crippen molar-refractivity contribution in [3.05, 3.63) is 95.6 Å². The second-order valence-electron chi connectivity index (χ2n) is 7.75. The van der Waals surface area contributed by atoms with Crippen LogP contribution in [0.2, 0.25) is 0 Å². The quantitative estimate of drug-likeness (QED) is 0.614. The van der Waals surface area contributed by atoms with Gasteiger partial charge in [0.1, 0.15) is 0 Å². The lowest BCUT2D eigenvalue weighted by molar-refractivity contribution is 0.0940. The molecule has 0 bridgehead atoms. The monoisotopic (exact) mass is 429 g/mol. The van der Waals surface area contributed by atoms with Crippen LogP contribution in [0, 0.1) is 0 Å². The smallest absolute Gasteiger partial charge is 0.255 e. The average molecular weight is 430 g/mol. The number of morpholine rings is 1. The fourth-order valence-electron chi connectivity index (χ4n) is 3.73. The zero-order valence-electron chi connectivity index (χ0n) is 18.1. The second kappa shape index (κ2) is 10.1. The van der Waals surface area contributed by atoms with Crippen LogP contribution in [0.1, 0.15) is 39.2 Å². The summed E-state index contributed by atoms with van der Waals surface area (Å²) in [6.07, 6.45) is 0. The molecule has 1 saturated heterocycles. The highest BCUT2D eigenvalue weighted by Crippen LogP contribution is 2.21. The predicted molar refractivity (Wildman–Crippen MR) is 126 cm³/mol.